The molecule has 1 aromatic carbocycles. The summed E-state index contributed by atoms with van der Waals surface area (Å²) in [5.74, 6) is -0.0630. The number of amides is 3. The summed E-state index contributed by atoms with van der Waals surface area (Å²) in [6.45, 7) is 2.65. The maximum Gasteiger partial charge on any atom is 0.318 e. The molecule has 0 spiro atoms. The van der Waals surface area contributed by atoms with Crippen molar-refractivity contribution in [1.82, 2.24) is 15.5 Å². The summed E-state index contributed by atoms with van der Waals surface area (Å²) in [6, 6.07) is 9.59. The molecule has 2 heterocycles. The first-order valence-corrected chi connectivity index (χ1v) is 9.21. The standard InChI is InChI=1S/C19H27N3O3/c23-18-17(8-4-5-11-20-18)21-19(24)22-12-9-16(10-13-22)25-14-15-6-2-1-3-7-15/h1-3,6-7,16-17H,4-5,8-14H2,(H,20,23)(H,21,24)/t17-/m0/s1. The number of rotatable bonds is 4. The van der Waals surface area contributed by atoms with Gasteiger partial charge in [0.15, 0.2) is 0 Å². The number of urea groups is 1. The van der Waals surface area contributed by atoms with Crippen molar-refractivity contribution in [2.45, 2.75) is 50.9 Å². The predicted molar refractivity (Wildman–Crippen MR) is 95.0 cm³/mol. The second-order valence-electron chi connectivity index (χ2n) is 6.77. The van der Waals surface area contributed by atoms with Gasteiger partial charge in [-0.05, 0) is 37.7 Å². The lowest BCUT2D eigenvalue weighted by Crippen LogP contribution is -2.52. The molecule has 0 aromatic heterocycles. The van der Waals surface area contributed by atoms with Gasteiger partial charge in [-0.15, -0.1) is 0 Å². The van der Waals surface area contributed by atoms with Gasteiger partial charge in [0.1, 0.15) is 6.04 Å². The number of carbonyl (C=O) groups is 2. The highest BCUT2D eigenvalue weighted by Crippen LogP contribution is 2.16. The van der Waals surface area contributed by atoms with Crippen LogP contribution in [0.2, 0.25) is 0 Å². The van der Waals surface area contributed by atoms with Crippen LogP contribution in [0, 0.1) is 0 Å². The quantitative estimate of drug-likeness (QED) is 0.877. The van der Waals surface area contributed by atoms with E-state index in [0.717, 1.165) is 25.7 Å². The molecule has 6 nitrogen and oxygen atoms in total. The fraction of sp³-hybridized carbons (Fsp3) is 0.579. The van der Waals surface area contributed by atoms with Crippen molar-refractivity contribution < 1.29 is 14.3 Å². The van der Waals surface area contributed by atoms with Gasteiger partial charge in [0.05, 0.1) is 12.7 Å². The van der Waals surface area contributed by atoms with Gasteiger partial charge in [0, 0.05) is 19.6 Å². The molecule has 3 amide bonds. The third-order valence-electron chi connectivity index (χ3n) is 4.89. The molecular formula is C19H27N3O3. The molecule has 2 aliphatic heterocycles. The third-order valence-corrected chi connectivity index (χ3v) is 4.89. The van der Waals surface area contributed by atoms with E-state index in [-0.39, 0.29) is 18.0 Å². The van der Waals surface area contributed by atoms with Crippen LogP contribution < -0.4 is 10.6 Å². The largest absolute Gasteiger partial charge is 0.373 e. The van der Waals surface area contributed by atoms with Crippen molar-refractivity contribution in [1.29, 1.82) is 0 Å². The molecular weight excluding hydrogens is 318 g/mol. The van der Waals surface area contributed by atoms with E-state index in [4.69, 9.17) is 4.74 Å². The van der Waals surface area contributed by atoms with E-state index in [1.54, 1.807) is 4.90 Å². The number of nitrogens with one attached hydrogen (secondary N) is 2. The lowest BCUT2D eigenvalue weighted by molar-refractivity contribution is -0.122. The smallest absolute Gasteiger partial charge is 0.318 e. The van der Waals surface area contributed by atoms with E-state index in [1.807, 2.05) is 18.2 Å². The first-order valence-electron chi connectivity index (χ1n) is 9.21. The zero-order chi connectivity index (χ0) is 17.5. The summed E-state index contributed by atoms with van der Waals surface area (Å²) in [5.41, 5.74) is 1.17. The van der Waals surface area contributed by atoms with Crippen molar-refractivity contribution >= 4 is 11.9 Å². The monoisotopic (exact) mass is 345 g/mol. The number of nitrogens with zero attached hydrogens (tertiary/aromatic N) is 1. The Bertz CT molecular complexity index is 571. The Morgan fingerprint density at radius 3 is 2.68 bits per heavy atom. The van der Waals surface area contributed by atoms with Crippen molar-refractivity contribution in [2.75, 3.05) is 19.6 Å². The first kappa shape index (κ1) is 17.7. The third kappa shape index (κ3) is 5.19. The zero-order valence-electron chi connectivity index (χ0n) is 14.6. The Hall–Kier alpha value is -2.08. The molecule has 1 atom stereocenters. The molecule has 0 radical (unpaired) electrons. The van der Waals surface area contributed by atoms with Crippen LogP contribution in [0.5, 0.6) is 0 Å². The van der Waals surface area contributed by atoms with Crippen LogP contribution in [0.1, 0.15) is 37.7 Å². The van der Waals surface area contributed by atoms with E-state index >= 15 is 0 Å². The fourth-order valence-corrected chi connectivity index (χ4v) is 3.33. The second-order valence-corrected chi connectivity index (χ2v) is 6.77. The summed E-state index contributed by atoms with van der Waals surface area (Å²) in [4.78, 5) is 26.1. The van der Waals surface area contributed by atoms with Gasteiger partial charge < -0.3 is 20.3 Å². The molecule has 0 aliphatic carbocycles. The highest BCUT2D eigenvalue weighted by Gasteiger charge is 2.27. The van der Waals surface area contributed by atoms with Crippen LogP contribution in [0.15, 0.2) is 30.3 Å². The summed E-state index contributed by atoms with van der Waals surface area (Å²) < 4.78 is 5.96. The minimum absolute atomic E-state index is 0.0630. The van der Waals surface area contributed by atoms with Crippen LogP contribution >= 0.6 is 0 Å². The number of carbonyl (C=O) groups excluding carboxylic acids is 2. The number of hydrogen-bond acceptors (Lipinski definition) is 3. The van der Waals surface area contributed by atoms with Gasteiger partial charge in [0.2, 0.25) is 5.91 Å². The predicted octanol–water partition coefficient (Wildman–Crippen LogP) is 2.05. The Morgan fingerprint density at radius 1 is 1.16 bits per heavy atom. The molecule has 0 unspecified atom stereocenters. The molecule has 1 aromatic rings. The lowest BCUT2D eigenvalue weighted by atomic mass is 10.1. The maximum absolute atomic E-state index is 12.4. The average molecular weight is 345 g/mol. The molecule has 6 heteroatoms. The molecule has 0 saturated carbocycles. The lowest BCUT2D eigenvalue weighted by Gasteiger charge is -2.33. The van der Waals surface area contributed by atoms with Gasteiger partial charge in [0.25, 0.3) is 0 Å². The maximum atomic E-state index is 12.4. The second kappa shape index (κ2) is 8.85. The molecule has 2 N–H and O–H groups in total. The Kier molecular flexibility index (Phi) is 6.28. The number of benzene rings is 1. The zero-order valence-corrected chi connectivity index (χ0v) is 14.6. The van der Waals surface area contributed by atoms with Gasteiger partial charge in [-0.3, -0.25) is 4.79 Å². The molecule has 3 rings (SSSR count). The van der Waals surface area contributed by atoms with Crippen LogP contribution in [0.25, 0.3) is 0 Å². The summed E-state index contributed by atoms with van der Waals surface area (Å²) in [6.07, 6.45) is 4.49. The molecule has 0 bridgehead atoms. The number of piperidine rings is 1. The summed E-state index contributed by atoms with van der Waals surface area (Å²) in [5, 5.41) is 5.74. The van der Waals surface area contributed by atoms with E-state index in [1.165, 1.54) is 5.56 Å². The molecule has 136 valence electrons. The Balaban J connectivity index is 1.40. The van der Waals surface area contributed by atoms with Crippen LogP contribution in [0.3, 0.4) is 0 Å². The molecule has 25 heavy (non-hydrogen) atoms. The van der Waals surface area contributed by atoms with Crippen LogP contribution in [-0.2, 0) is 16.1 Å². The molecule has 2 saturated heterocycles. The topological polar surface area (TPSA) is 70.7 Å². The van der Waals surface area contributed by atoms with Crippen molar-refractivity contribution in [2.24, 2.45) is 0 Å². The molecule has 2 aliphatic rings. The van der Waals surface area contributed by atoms with Crippen molar-refractivity contribution in [3.63, 3.8) is 0 Å². The van der Waals surface area contributed by atoms with Crippen LogP contribution in [0.4, 0.5) is 4.79 Å². The summed E-state index contributed by atoms with van der Waals surface area (Å²) in [7, 11) is 0. The fourth-order valence-electron chi connectivity index (χ4n) is 3.33. The first-order chi connectivity index (χ1) is 12.2. The number of ether oxygens (including phenoxy) is 1. The van der Waals surface area contributed by atoms with Gasteiger partial charge in [-0.25, -0.2) is 4.79 Å². The van der Waals surface area contributed by atoms with Gasteiger partial charge >= 0.3 is 6.03 Å². The minimum Gasteiger partial charge on any atom is -0.373 e. The highest BCUT2D eigenvalue weighted by molar-refractivity contribution is 5.87. The van der Waals surface area contributed by atoms with Crippen LogP contribution in [-0.4, -0.2) is 48.6 Å². The van der Waals surface area contributed by atoms with E-state index in [2.05, 4.69) is 22.8 Å². The van der Waals surface area contributed by atoms with E-state index in [0.29, 0.717) is 32.7 Å². The van der Waals surface area contributed by atoms with Crippen molar-refractivity contribution in [3.05, 3.63) is 35.9 Å². The molecule has 2 fully saturated rings. The number of hydrogen-bond donors (Lipinski definition) is 2. The Morgan fingerprint density at radius 2 is 1.92 bits per heavy atom. The summed E-state index contributed by atoms with van der Waals surface area (Å²) >= 11 is 0. The van der Waals surface area contributed by atoms with E-state index < -0.39 is 6.04 Å². The average Bonchev–Trinajstić information content (AvgIpc) is 2.86. The SMILES string of the molecule is O=C1NCCCC[C@@H]1NC(=O)N1CCC(OCc2ccccc2)CC1. The number of likely N-dealkylation sites (tertiary alicyclic amines) is 1. The van der Waals surface area contributed by atoms with Crippen molar-refractivity contribution in [3.8, 4) is 0 Å². The van der Waals surface area contributed by atoms with E-state index in [9.17, 15) is 9.59 Å². The van der Waals surface area contributed by atoms with Gasteiger partial charge in [-0.1, -0.05) is 30.3 Å². The minimum atomic E-state index is -0.401. The normalized spacial score (nSPS) is 22.2. The highest BCUT2D eigenvalue weighted by atomic mass is 16.5. The Labute approximate surface area is 148 Å². The van der Waals surface area contributed by atoms with Gasteiger partial charge in [-0.2, -0.15) is 0 Å².